The second kappa shape index (κ2) is 10.5. The zero-order chi connectivity index (χ0) is 16.3. The number of para-hydroxylation sites is 1. The summed E-state index contributed by atoms with van der Waals surface area (Å²) in [7, 11) is 0. The predicted octanol–water partition coefficient (Wildman–Crippen LogP) is 2.78. The zero-order valence-electron chi connectivity index (χ0n) is 13.8. The van der Waals surface area contributed by atoms with E-state index in [2.05, 4.69) is 21.6 Å². The Hall–Kier alpha value is -1.24. The number of nitrogens with one attached hydrogen (secondary N) is 2. The van der Waals surface area contributed by atoms with E-state index in [1.54, 1.807) is 0 Å². The van der Waals surface area contributed by atoms with E-state index in [0.29, 0.717) is 19.8 Å². The lowest BCUT2D eigenvalue weighted by Gasteiger charge is -2.27. The minimum Gasteiger partial charge on any atom is -0.382 e. The largest absolute Gasteiger partial charge is 0.382 e. The van der Waals surface area contributed by atoms with Crippen molar-refractivity contribution in [3.8, 4) is 0 Å². The van der Waals surface area contributed by atoms with Crippen LogP contribution in [0.25, 0.3) is 0 Å². The van der Waals surface area contributed by atoms with E-state index in [-0.39, 0.29) is 6.03 Å². The molecule has 2 rings (SSSR count). The van der Waals surface area contributed by atoms with Gasteiger partial charge in [-0.15, -0.1) is 0 Å². The summed E-state index contributed by atoms with van der Waals surface area (Å²) in [6.45, 7) is 7.11. The van der Waals surface area contributed by atoms with Gasteiger partial charge in [0.05, 0.1) is 0 Å². The summed E-state index contributed by atoms with van der Waals surface area (Å²) < 4.78 is 5.26. The Morgan fingerprint density at radius 2 is 2.09 bits per heavy atom. The first-order chi connectivity index (χ1) is 11.3. The fraction of sp³-hybridized carbons (Fsp3) is 0.588. The average molecular weight is 337 g/mol. The fourth-order valence-corrected chi connectivity index (χ4v) is 3.45. The lowest BCUT2D eigenvalue weighted by atomic mass is 10.1. The normalized spacial score (nSPS) is 15.3. The van der Waals surface area contributed by atoms with E-state index >= 15 is 0 Å². The molecule has 5 nitrogen and oxygen atoms in total. The van der Waals surface area contributed by atoms with Gasteiger partial charge in [-0.3, -0.25) is 4.90 Å². The van der Waals surface area contributed by atoms with Crippen LogP contribution in [-0.4, -0.2) is 55.3 Å². The standard InChI is InChI=1S/C17H27N3O2S/c1-2-22-11-5-8-18-17(21)19-16-7-4-3-6-15(16)14-20-9-12-23-13-10-20/h3-4,6-7H,2,5,8-14H2,1H3,(H2,18,19,21). The number of ether oxygens (including phenoxy) is 1. The molecule has 1 fully saturated rings. The lowest BCUT2D eigenvalue weighted by molar-refractivity contribution is 0.145. The number of thioether (sulfide) groups is 1. The first kappa shape index (κ1) is 18.1. The Morgan fingerprint density at radius 1 is 1.30 bits per heavy atom. The van der Waals surface area contributed by atoms with Crippen LogP contribution in [0.5, 0.6) is 0 Å². The average Bonchev–Trinajstić information content (AvgIpc) is 2.57. The van der Waals surface area contributed by atoms with Crippen LogP contribution in [0.4, 0.5) is 10.5 Å². The molecule has 0 saturated carbocycles. The van der Waals surface area contributed by atoms with Gasteiger partial charge in [0.1, 0.15) is 0 Å². The topological polar surface area (TPSA) is 53.6 Å². The first-order valence-corrected chi connectivity index (χ1v) is 9.45. The number of carbonyl (C=O) groups is 1. The maximum absolute atomic E-state index is 12.0. The van der Waals surface area contributed by atoms with Gasteiger partial charge in [0.2, 0.25) is 0 Å². The molecule has 1 aromatic carbocycles. The summed E-state index contributed by atoms with van der Waals surface area (Å²) >= 11 is 2.01. The Bertz CT molecular complexity index is 479. The Kier molecular flexibility index (Phi) is 8.28. The lowest BCUT2D eigenvalue weighted by Crippen LogP contribution is -2.33. The van der Waals surface area contributed by atoms with Gasteiger partial charge in [-0.1, -0.05) is 18.2 Å². The van der Waals surface area contributed by atoms with E-state index in [9.17, 15) is 4.79 Å². The van der Waals surface area contributed by atoms with Gasteiger partial charge in [-0.05, 0) is 25.0 Å². The maximum Gasteiger partial charge on any atom is 0.319 e. The molecule has 0 radical (unpaired) electrons. The number of hydrogen-bond acceptors (Lipinski definition) is 4. The van der Waals surface area contributed by atoms with Gasteiger partial charge in [-0.2, -0.15) is 11.8 Å². The van der Waals surface area contributed by atoms with Gasteiger partial charge in [0.15, 0.2) is 0 Å². The van der Waals surface area contributed by atoms with Crippen LogP contribution in [0.3, 0.4) is 0 Å². The summed E-state index contributed by atoms with van der Waals surface area (Å²) in [6, 6.07) is 7.89. The number of urea groups is 1. The SMILES string of the molecule is CCOCCCNC(=O)Nc1ccccc1CN1CCSCC1. The van der Waals surface area contributed by atoms with Crippen molar-refractivity contribution in [3.05, 3.63) is 29.8 Å². The molecule has 0 atom stereocenters. The van der Waals surface area contributed by atoms with Gasteiger partial charge >= 0.3 is 6.03 Å². The van der Waals surface area contributed by atoms with Crippen molar-refractivity contribution in [2.24, 2.45) is 0 Å². The summed E-state index contributed by atoms with van der Waals surface area (Å²) in [6.07, 6.45) is 0.828. The van der Waals surface area contributed by atoms with E-state index in [4.69, 9.17) is 4.74 Å². The van der Waals surface area contributed by atoms with Crippen molar-refractivity contribution < 1.29 is 9.53 Å². The van der Waals surface area contributed by atoms with Crippen LogP contribution in [0.2, 0.25) is 0 Å². The highest BCUT2D eigenvalue weighted by Gasteiger charge is 2.13. The van der Waals surface area contributed by atoms with Gasteiger partial charge in [0.25, 0.3) is 0 Å². The number of anilines is 1. The van der Waals surface area contributed by atoms with Crippen molar-refractivity contribution in [1.29, 1.82) is 0 Å². The zero-order valence-corrected chi connectivity index (χ0v) is 14.7. The second-order valence-electron chi connectivity index (χ2n) is 5.48. The van der Waals surface area contributed by atoms with Crippen molar-refractivity contribution in [2.75, 3.05) is 49.7 Å². The van der Waals surface area contributed by atoms with Crippen molar-refractivity contribution in [1.82, 2.24) is 10.2 Å². The molecule has 128 valence electrons. The summed E-state index contributed by atoms with van der Waals surface area (Å²) in [5.41, 5.74) is 2.07. The van der Waals surface area contributed by atoms with E-state index in [1.807, 2.05) is 36.9 Å². The monoisotopic (exact) mass is 337 g/mol. The van der Waals surface area contributed by atoms with Crippen molar-refractivity contribution in [3.63, 3.8) is 0 Å². The van der Waals surface area contributed by atoms with Crippen molar-refractivity contribution in [2.45, 2.75) is 19.9 Å². The maximum atomic E-state index is 12.0. The molecule has 0 aliphatic carbocycles. The van der Waals surface area contributed by atoms with Gasteiger partial charge in [-0.25, -0.2) is 4.79 Å². The molecule has 6 heteroatoms. The van der Waals surface area contributed by atoms with Crippen LogP contribution in [0.15, 0.2) is 24.3 Å². The number of rotatable bonds is 8. The Balaban J connectivity index is 1.80. The summed E-state index contributed by atoms with van der Waals surface area (Å²) in [5, 5.41) is 5.84. The molecule has 0 unspecified atom stereocenters. The summed E-state index contributed by atoms with van der Waals surface area (Å²) in [4.78, 5) is 14.5. The first-order valence-electron chi connectivity index (χ1n) is 8.30. The summed E-state index contributed by atoms with van der Waals surface area (Å²) in [5.74, 6) is 2.38. The highest BCUT2D eigenvalue weighted by atomic mass is 32.2. The molecule has 1 aromatic rings. The smallest absolute Gasteiger partial charge is 0.319 e. The fourth-order valence-electron chi connectivity index (χ4n) is 2.47. The third-order valence-corrected chi connectivity index (χ3v) is 4.66. The van der Waals surface area contributed by atoms with Crippen LogP contribution in [0.1, 0.15) is 18.9 Å². The number of amides is 2. The third kappa shape index (κ3) is 6.81. The van der Waals surface area contributed by atoms with Crippen LogP contribution < -0.4 is 10.6 Å². The number of nitrogens with zero attached hydrogens (tertiary/aromatic N) is 1. The Labute approximate surface area is 143 Å². The molecule has 0 spiro atoms. The number of carbonyl (C=O) groups excluding carboxylic acids is 1. The minimum atomic E-state index is -0.150. The quantitative estimate of drug-likeness (QED) is 0.716. The third-order valence-electron chi connectivity index (χ3n) is 3.72. The predicted molar refractivity (Wildman–Crippen MR) is 97.2 cm³/mol. The van der Waals surface area contributed by atoms with Gasteiger partial charge < -0.3 is 15.4 Å². The van der Waals surface area contributed by atoms with Crippen LogP contribution >= 0.6 is 11.8 Å². The molecule has 0 bridgehead atoms. The Morgan fingerprint density at radius 3 is 2.87 bits per heavy atom. The highest BCUT2D eigenvalue weighted by molar-refractivity contribution is 7.99. The minimum absolute atomic E-state index is 0.150. The number of benzene rings is 1. The molecule has 1 heterocycles. The molecular weight excluding hydrogens is 310 g/mol. The molecule has 1 aliphatic heterocycles. The highest BCUT2D eigenvalue weighted by Crippen LogP contribution is 2.19. The molecule has 0 aromatic heterocycles. The molecular formula is C17H27N3O2S. The van der Waals surface area contributed by atoms with E-state index in [0.717, 1.165) is 31.7 Å². The van der Waals surface area contributed by atoms with Crippen molar-refractivity contribution >= 4 is 23.5 Å². The second-order valence-corrected chi connectivity index (χ2v) is 6.70. The molecule has 23 heavy (non-hydrogen) atoms. The van der Waals surface area contributed by atoms with Crippen LogP contribution in [0, 0.1) is 0 Å². The van der Waals surface area contributed by atoms with E-state index in [1.165, 1.54) is 17.1 Å². The van der Waals surface area contributed by atoms with Crippen LogP contribution in [-0.2, 0) is 11.3 Å². The molecule has 1 aliphatic rings. The molecule has 2 N–H and O–H groups in total. The van der Waals surface area contributed by atoms with E-state index < -0.39 is 0 Å². The number of hydrogen-bond donors (Lipinski definition) is 2. The molecule has 1 saturated heterocycles. The molecule has 2 amide bonds. The van der Waals surface area contributed by atoms with Gasteiger partial charge in [0, 0.05) is 56.6 Å².